The first-order chi connectivity index (χ1) is 16.4. The molecule has 0 radical (unpaired) electrons. The van der Waals surface area contributed by atoms with Gasteiger partial charge in [0, 0.05) is 27.3 Å². The SMILES string of the molecule is CC12COC([C@H]3CC(CO)(CO)[C@@H]4N(C(=O)OC(C)(C)C)CC[C@]34c3ccccc3Br)(OC1)OC2. The van der Waals surface area contributed by atoms with Crippen molar-refractivity contribution in [2.45, 2.75) is 63.6 Å². The second-order valence-electron chi connectivity index (χ2n) is 12.1. The molecule has 1 amide bonds. The number of carbonyl (C=O) groups excluding carboxylic acids is 1. The highest BCUT2D eigenvalue weighted by Crippen LogP contribution is 2.66. The zero-order valence-corrected chi connectivity index (χ0v) is 22.5. The largest absolute Gasteiger partial charge is 0.444 e. The Morgan fingerprint density at radius 3 is 2.29 bits per heavy atom. The maximum atomic E-state index is 13.5. The molecule has 1 aliphatic carbocycles. The average Bonchev–Trinajstić information content (AvgIpc) is 3.35. The van der Waals surface area contributed by atoms with E-state index in [2.05, 4.69) is 22.9 Å². The Hall–Kier alpha value is -1.23. The molecule has 8 nitrogen and oxygen atoms in total. The number of hydrogen-bond donors (Lipinski definition) is 2. The molecule has 0 unspecified atom stereocenters. The van der Waals surface area contributed by atoms with Gasteiger partial charge in [0.05, 0.1) is 45.0 Å². The summed E-state index contributed by atoms with van der Waals surface area (Å²) < 4.78 is 25.7. The van der Waals surface area contributed by atoms with Crippen LogP contribution < -0.4 is 0 Å². The van der Waals surface area contributed by atoms with Gasteiger partial charge >= 0.3 is 6.09 Å². The van der Waals surface area contributed by atoms with Gasteiger partial charge in [-0.2, -0.15) is 0 Å². The second kappa shape index (κ2) is 8.39. The zero-order chi connectivity index (χ0) is 25.3. The topological polar surface area (TPSA) is 97.7 Å². The molecule has 6 rings (SSSR count). The van der Waals surface area contributed by atoms with E-state index in [1.165, 1.54) is 0 Å². The standard InChI is InChI=1S/C26H36BrNO7/c1-22(2,3)35-21(31)28-10-9-25(17-7-5-6-8-18(17)27)19(11-24(12-29,13-30)20(25)28)26-32-14-23(4,15-33-26)16-34-26/h5-8,19-20,29-30H,9-16H2,1-4H3/t19-,20-,23?,25-,26?/m0/s1. The number of hydrogen-bond acceptors (Lipinski definition) is 7. The Bertz CT molecular complexity index is 966. The summed E-state index contributed by atoms with van der Waals surface area (Å²) in [7, 11) is 0. The first-order valence-electron chi connectivity index (χ1n) is 12.3. The van der Waals surface area contributed by atoms with E-state index in [0.717, 1.165) is 10.0 Å². The summed E-state index contributed by atoms with van der Waals surface area (Å²) in [6.45, 7) is 8.88. The minimum atomic E-state index is -1.32. The predicted molar refractivity (Wildman–Crippen MR) is 131 cm³/mol. The van der Waals surface area contributed by atoms with Crippen LogP contribution in [0.1, 0.15) is 46.1 Å². The lowest BCUT2D eigenvalue weighted by atomic mass is 9.66. The van der Waals surface area contributed by atoms with Crippen molar-refractivity contribution in [3.8, 4) is 0 Å². The fourth-order valence-corrected chi connectivity index (χ4v) is 7.44. The molecule has 1 aromatic carbocycles. The lowest BCUT2D eigenvalue weighted by Gasteiger charge is -2.55. The number of likely N-dealkylation sites (tertiary alicyclic amines) is 1. The number of fused-ring (bicyclic) bond motifs is 4. The molecule has 4 saturated heterocycles. The number of nitrogens with zero attached hydrogens (tertiary/aromatic N) is 1. The van der Waals surface area contributed by atoms with Gasteiger partial charge in [0.2, 0.25) is 0 Å². The van der Waals surface area contributed by atoms with Crippen molar-refractivity contribution in [2.24, 2.45) is 16.7 Å². The van der Waals surface area contributed by atoms with Crippen LogP contribution in [0.2, 0.25) is 0 Å². The van der Waals surface area contributed by atoms with Crippen LogP contribution in [0, 0.1) is 16.7 Å². The Morgan fingerprint density at radius 2 is 1.74 bits per heavy atom. The number of aliphatic hydroxyl groups is 2. The van der Waals surface area contributed by atoms with Gasteiger partial charge in [-0.05, 0) is 45.2 Å². The van der Waals surface area contributed by atoms with Gasteiger partial charge in [-0.15, -0.1) is 0 Å². The number of halogens is 1. The fraction of sp³-hybridized carbons (Fsp3) is 0.731. The number of amides is 1. The molecule has 0 aromatic heterocycles. The number of carbonyl (C=O) groups is 1. The summed E-state index contributed by atoms with van der Waals surface area (Å²) in [6, 6.07) is 7.38. The van der Waals surface area contributed by atoms with E-state index in [1.807, 2.05) is 45.0 Å². The van der Waals surface area contributed by atoms with E-state index < -0.39 is 34.5 Å². The van der Waals surface area contributed by atoms with Crippen molar-refractivity contribution in [3.63, 3.8) is 0 Å². The Balaban J connectivity index is 1.68. The summed E-state index contributed by atoms with van der Waals surface area (Å²) in [5.41, 5.74) is -1.62. The van der Waals surface area contributed by atoms with E-state index in [4.69, 9.17) is 18.9 Å². The molecule has 5 aliphatic rings. The normalized spacial score (nSPS) is 38.0. The van der Waals surface area contributed by atoms with Gasteiger partial charge in [-0.25, -0.2) is 4.79 Å². The lowest BCUT2D eigenvalue weighted by Crippen LogP contribution is -2.65. The summed E-state index contributed by atoms with van der Waals surface area (Å²) >= 11 is 3.75. The minimum absolute atomic E-state index is 0.205. The third-order valence-corrected chi connectivity index (χ3v) is 9.00. The molecule has 5 fully saturated rings. The highest BCUT2D eigenvalue weighted by molar-refractivity contribution is 9.10. The highest BCUT2D eigenvalue weighted by Gasteiger charge is 2.75. The van der Waals surface area contributed by atoms with Crippen LogP contribution in [0.15, 0.2) is 28.7 Å². The molecule has 194 valence electrons. The third-order valence-electron chi connectivity index (χ3n) is 8.30. The Labute approximate surface area is 215 Å². The number of rotatable bonds is 4. The van der Waals surface area contributed by atoms with E-state index in [9.17, 15) is 15.0 Å². The highest BCUT2D eigenvalue weighted by atomic mass is 79.9. The van der Waals surface area contributed by atoms with Crippen LogP contribution in [0.5, 0.6) is 0 Å². The van der Waals surface area contributed by atoms with Gasteiger partial charge in [0.1, 0.15) is 5.60 Å². The lowest BCUT2D eigenvalue weighted by molar-refractivity contribution is -0.488. The molecule has 2 bridgehead atoms. The van der Waals surface area contributed by atoms with E-state index >= 15 is 0 Å². The van der Waals surface area contributed by atoms with Crippen LogP contribution in [0.3, 0.4) is 0 Å². The molecule has 4 heterocycles. The number of benzene rings is 1. The van der Waals surface area contributed by atoms with E-state index in [-0.39, 0.29) is 24.5 Å². The van der Waals surface area contributed by atoms with Crippen LogP contribution in [0.25, 0.3) is 0 Å². The van der Waals surface area contributed by atoms with Crippen molar-refractivity contribution in [3.05, 3.63) is 34.3 Å². The number of ether oxygens (including phenoxy) is 4. The molecule has 1 saturated carbocycles. The van der Waals surface area contributed by atoms with Gasteiger partial charge < -0.3 is 34.1 Å². The predicted octanol–water partition coefficient (Wildman–Crippen LogP) is 3.42. The van der Waals surface area contributed by atoms with Crippen LogP contribution in [0.4, 0.5) is 4.79 Å². The van der Waals surface area contributed by atoms with E-state index in [1.54, 1.807) is 4.90 Å². The summed E-state index contributed by atoms with van der Waals surface area (Å²) in [6.07, 6.45) is 0.492. The van der Waals surface area contributed by atoms with Crippen molar-refractivity contribution in [1.29, 1.82) is 0 Å². The second-order valence-corrected chi connectivity index (χ2v) is 12.9. The fourth-order valence-electron chi connectivity index (χ4n) is 6.79. The zero-order valence-electron chi connectivity index (χ0n) is 20.9. The molecule has 2 N–H and O–H groups in total. The van der Waals surface area contributed by atoms with Crippen molar-refractivity contribution in [2.75, 3.05) is 39.6 Å². The molecular formula is C26H36BrNO7. The molecule has 35 heavy (non-hydrogen) atoms. The van der Waals surface area contributed by atoms with Crippen molar-refractivity contribution in [1.82, 2.24) is 4.90 Å². The van der Waals surface area contributed by atoms with E-state index in [0.29, 0.717) is 39.2 Å². The Kier molecular flexibility index (Phi) is 6.10. The van der Waals surface area contributed by atoms with Crippen molar-refractivity contribution < 1.29 is 34.0 Å². The van der Waals surface area contributed by atoms with Crippen LogP contribution in [-0.2, 0) is 24.4 Å². The van der Waals surface area contributed by atoms with Crippen LogP contribution in [-0.4, -0.2) is 78.4 Å². The monoisotopic (exact) mass is 553 g/mol. The summed E-state index contributed by atoms with van der Waals surface area (Å²) in [4.78, 5) is 15.2. The smallest absolute Gasteiger partial charge is 0.410 e. The third kappa shape index (κ3) is 3.77. The van der Waals surface area contributed by atoms with Gasteiger partial charge in [0.15, 0.2) is 0 Å². The maximum Gasteiger partial charge on any atom is 0.410 e. The van der Waals surface area contributed by atoms with Crippen LogP contribution >= 0.6 is 15.9 Å². The quantitative estimate of drug-likeness (QED) is 0.589. The molecule has 9 heteroatoms. The molecule has 4 aliphatic heterocycles. The molecule has 3 atom stereocenters. The first-order valence-corrected chi connectivity index (χ1v) is 13.1. The summed E-state index contributed by atoms with van der Waals surface area (Å²) in [5, 5.41) is 21.6. The van der Waals surface area contributed by atoms with Gasteiger partial charge in [-0.1, -0.05) is 41.1 Å². The number of aliphatic hydroxyl groups excluding tert-OH is 2. The molecule has 0 spiro atoms. The van der Waals surface area contributed by atoms with Crippen molar-refractivity contribution >= 4 is 22.0 Å². The van der Waals surface area contributed by atoms with Gasteiger partial charge in [0.25, 0.3) is 5.97 Å². The molecule has 1 aromatic rings. The molecular weight excluding hydrogens is 518 g/mol. The maximum absolute atomic E-state index is 13.5. The Morgan fingerprint density at radius 1 is 1.14 bits per heavy atom. The van der Waals surface area contributed by atoms with Gasteiger partial charge in [-0.3, -0.25) is 0 Å². The minimum Gasteiger partial charge on any atom is -0.444 e. The summed E-state index contributed by atoms with van der Waals surface area (Å²) in [5.74, 6) is -1.70. The first kappa shape index (κ1) is 25.4. The average molecular weight is 554 g/mol.